The lowest BCUT2D eigenvalue weighted by molar-refractivity contribution is -0.144. The maximum absolute atomic E-state index is 11.7. The summed E-state index contributed by atoms with van der Waals surface area (Å²) in [6, 6.07) is 0.222. The number of nitrogens with one attached hydrogen (secondary N) is 1. The van der Waals surface area contributed by atoms with Gasteiger partial charge in [-0.05, 0) is 32.6 Å². The molecule has 1 N–H and O–H groups in total. The molecule has 1 rings (SSSR count). The highest BCUT2D eigenvalue weighted by Crippen LogP contribution is 2.26. The van der Waals surface area contributed by atoms with Crippen LogP contribution in [0.2, 0.25) is 0 Å². The lowest BCUT2D eigenvalue weighted by Gasteiger charge is -2.28. The Hall–Kier alpha value is -1.06. The Morgan fingerprint density at radius 1 is 1.22 bits per heavy atom. The Balaban J connectivity index is 2.20. The zero-order valence-corrected chi connectivity index (χ0v) is 11.5. The molecule has 18 heavy (non-hydrogen) atoms. The fourth-order valence-electron chi connectivity index (χ4n) is 2.53. The standard InChI is InChI=1S/C14H25NO3/c1-3-18-14(17)10-9-13(16)15-11(2)12-7-5-4-6-8-12/h11-12H,3-10H2,1-2H3,(H,15,16)/t11-/m0/s1. The second kappa shape index (κ2) is 8.11. The van der Waals surface area contributed by atoms with Crippen LogP contribution in [0.15, 0.2) is 0 Å². The minimum Gasteiger partial charge on any atom is -0.466 e. The van der Waals surface area contributed by atoms with Crippen LogP contribution in [-0.4, -0.2) is 24.5 Å². The SMILES string of the molecule is CCOC(=O)CCC(=O)N[C@@H](C)C1CCCCC1. The van der Waals surface area contributed by atoms with Gasteiger partial charge in [0.2, 0.25) is 5.91 Å². The molecule has 1 amide bonds. The molecule has 1 atom stereocenters. The molecule has 0 saturated heterocycles. The van der Waals surface area contributed by atoms with Crippen LogP contribution in [0.4, 0.5) is 0 Å². The molecule has 0 radical (unpaired) electrons. The number of ether oxygens (including phenoxy) is 1. The van der Waals surface area contributed by atoms with Crippen LogP contribution in [0.25, 0.3) is 0 Å². The van der Waals surface area contributed by atoms with Crippen LogP contribution in [0, 0.1) is 5.92 Å². The second-order valence-electron chi connectivity index (χ2n) is 5.06. The summed E-state index contributed by atoms with van der Waals surface area (Å²) in [5.74, 6) is 0.268. The molecule has 1 fully saturated rings. The summed E-state index contributed by atoms with van der Waals surface area (Å²) in [6.07, 6.45) is 6.69. The van der Waals surface area contributed by atoms with Gasteiger partial charge >= 0.3 is 5.97 Å². The molecule has 104 valence electrons. The molecule has 0 aromatic carbocycles. The van der Waals surface area contributed by atoms with Crippen molar-refractivity contribution in [3.63, 3.8) is 0 Å². The first-order valence-electron chi connectivity index (χ1n) is 7.08. The van der Waals surface area contributed by atoms with Gasteiger partial charge in [-0.3, -0.25) is 9.59 Å². The van der Waals surface area contributed by atoms with Gasteiger partial charge in [0.1, 0.15) is 0 Å². The average molecular weight is 255 g/mol. The van der Waals surface area contributed by atoms with Crippen LogP contribution in [0.3, 0.4) is 0 Å². The number of amides is 1. The molecular weight excluding hydrogens is 230 g/mol. The Kier molecular flexibility index (Phi) is 6.76. The molecule has 0 aliphatic heterocycles. The van der Waals surface area contributed by atoms with E-state index in [-0.39, 0.29) is 30.8 Å². The second-order valence-corrected chi connectivity index (χ2v) is 5.06. The Labute approximate surface area is 109 Å². The minimum absolute atomic E-state index is 0.0406. The van der Waals surface area contributed by atoms with Gasteiger partial charge in [-0.1, -0.05) is 19.3 Å². The van der Waals surface area contributed by atoms with Crippen LogP contribution in [0.1, 0.15) is 58.8 Å². The number of carbonyl (C=O) groups excluding carboxylic acids is 2. The van der Waals surface area contributed by atoms with Gasteiger partial charge in [0, 0.05) is 12.5 Å². The monoisotopic (exact) mass is 255 g/mol. The summed E-state index contributed by atoms with van der Waals surface area (Å²) in [6.45, 7) is 4.21. The number of hydrogen-bond donors (Lipinski definition) is 1. The van der Waals surface area contributed by atoms with Gasteiger partial charge in [-0.2, -0.15) is 0 Å². The summed E-state index contributed by atoms with van der Waals surface area (Å²) < 4.78 is 4.79. The maximum Gasteiger partial charge on any atom is 0.306 e. The summed E-state index contributed by atoms with van der Waals surface area (Å²) in [7, 11) is 0. The highest BCUT2D eigenvalue weighted by Gasteiger charge is 2.21. The Morgan fingerprint density at radius 2 is 1.89 bits per heavy atom. The van der Waals surface area contributed by atoms with E-state index in [0.717, 1.165) is 0 Å². The van der Waals surface area contributed by atoms with E-state index >= 15 is 0 Å². The van der Waals surface area contributed by atoms with Crippen molar-refractivity contribution in [3.05, 3.63) is 0 Å². The third-order valence-corrected chi connectivity index (χ3v) is 3.61. The van der Waals surface area contributed by atoms with Crippen molar-refractivity contribution < 1.29 is 14.3 Å². The first kappa shape index (κ1) is 15.0. The van der Waals surface area contributed by atoms with Gasteiger partial charge < -0.3 is 10.1 Å². The molecule has 0 unspecified atom stereocenters. The van der Waals surface area contributed by atoms with Crippen molar-refractivity contribution in [2.24, 2.45) is 5.92 Å². The first-order chi connectivity index (χ1) is 8.63. The first-order valence-corrected chi connectivity index (χ1v) is 7.08. The third-order valence-electron chi connectivity index (χ3n) is 3.61. The van der Waals surface area contributed by atoms with E-state index in [0.29, 0.717) is 12.5 Å². The molecule has 4 nitrogen and oxygen atoms in total. The van der Waals surface area contributed by atoms with Gasteiger partial charge in [-0.25, -0.2) is 0 Å². The molecule has 0 aromatic heterocycles. The number of hydrogen-bond acceptors (Lipinski definition) is 3. The molecule has 0 aromatic rings. The van der Waals surface area contributed by atoms with Crippen molar-refractivity contribution in [3.8, 4) is 0 Å². The quantitative estimate of drug-likeness (QED) is 0.742. The van der Waals surface area contributed by atoms with Crippen molar-refractivity contribution in [2.75, 3.05) is 6.61 Å². The molecule has 0 heterocycles. The molecular formula is C14H25NO3. The average Bonchev–Trinajstić information content (AvgIpc) is 2.38. The van der Waals surface area contributed by atoms with Crippen molar-refractivity contribution in [1.29, 1.82) is 0 Å². The molecule has 0 bridgehead atoms. The van der Waals surface area contributed by atoms with Crippen LogP contribution < -0.4 is 5.32 Å². The lowest BCUT2D eigenvalue weighted by atomic mass is 9.84. The lowest BCUT2D eigenvalue weighted by Crippen LogP contribution is -2.39. The normalized spacial score (nSPS) is 18.1. The Morgan fingerprint density at radius 3 is 2.50 bits per heavy atom. The summed E-state index contributed by atoms with van der Waals surface area (Å²) >= 11 is 0. The predicted octanol–water partition coefficient (Wildman–Crippen LogP) is 2.41. The smallest absolute Gasteiger partial charge is 0.306 e. The van der Waals surface area contributed by atoms with E-state index in [1.165, 1.54) is 32.1 Å². The zero-order chi connectivity index (χ0) is 13.4. The highest BCUT2D eigenvalue weighted by atomic mass is 16.5. The molecule has 1 saturated carbocycles. The van der Waals surface area contributed by atoms with Crippen LogP contribution in [-0.2, 0) is 14.3 Å². The van der Waals surface area contributed by atoms with Gasteiger partial charge in [0.15, 0.2) is 0 Å². The molecule has 0 spiro atoms. The van der Waals surface area contributed by atoms with Crippen molar-refractivity contribution in [2.45, 2.75) is 64.8 Å². The highest BCUT2D eigenvalue weighted by molar-refractivity contribution is 5.81. The zero-order valence-electron chi connectivity index (χ0n) is 11.5. The predicted molar refractivity (Wildman–Crippen MR) is 70.0 cm³/mol. The summed E-state index contributed by atoms with van der Waals surface area (Å²) in [4.78, 5) is 22.8. The fraction of sp³-hybridized carbons (Fsp3) is 0.857. The number of rotatable bonds is 6. The van der Waals surface area contributed by atoms with Crippen molar-refractivity contribution in [1.82, 2.24) is 5.32 Å². The largest absolute Gasteiger partial charge is 0.466 e. The van der Waals surface area contributed by atoms with E-state index in [2.05, 4.69) is 12.2 Å². The van der Waals surface area contributed by atoms with Gasteiger partial charge in [0.25, 0.3) is 0 Å². The number of esters is 1. The fourth-order valence-corrected chi connectivity index (χ4v) is 2.53. The van der Waals surface area contributed by atoms with Crippen LogP contribution >= 0.6 is 0 Å². The minimum atomic E-state index is -0.294. The van der Waals surface area contributed by atoms with E-state index in [9.17, 15) is 9.59 Å². The summed E-state index contributed by atoms with van der Waals surface area (Å²) in [5.41, 5.74) is 0. The van der Waals surface area contributed by atoms with Crippen molar-refractivity contribution >= 4 is 11.9 Å². The number of carbonyl (C=O) groups is 2. The van der Waals surface area contributed by atoms with E-state index in [4.69, 9.17) is 4.74 Å². The van der Waals surface area contributed by atoms with Crippen LogP contribution in [0.5, 0.6) is 0 Å². The van der Waals surface area contributed by atoms with Gasteiger partial charge in [-0.15, -0.1) is 0 Å². The van der Waals surface area contributed by atoms with E-state index in [1.54, 1.807) is 6.92 Å². The molecule has 1 aliphatic carbocycles. The molecule has 1 aliphatic rings. The van der Waals surface area contributed by atoms with E-state index < -0.39 is 0 Å². The Bertz CT molecular complexity index is 272. The molecule has 4 heteroatoms. The van der Waals surface area contributed by atoms with Gasteiger partial charge in [0.05, 0.1) is 13.0 Å². The van der Waals surface area contributed by atoms with E-state index in [1.807, 2.05) is 0 Å². The maximum atomic E-state index is 11.7. The topological polar surface area (TPSA) is 55.4 Å². The summed E-state index contributed by atoms with van der Waals surface area (Å²) in [5, 5.41) is 3.00. The third kappa shape index (κ3) is 5.52.